The van der Waals surface area contributed by atoms with Crippen molar-refractivity contribution in [1.82, 2.24) is 31.9 Å². The minimum Gasteiger partial charge on any atom is -1.00 e. The van der Waals surface area contributed by atoms with Crippen LogP contribution < -0.4 is 126 Å². The first-order chi connectivity index (χ1) is 67.6. The molecular weight excluding hydrogens is 1920 g/mol. The number of aryl methyl sites for hydroxylation is 1. The van der Waals surface area contributed by atoms with Crippen molar-refractivity contribution in [3.05, 3.63) is 335 Å². The van der Waals surface area contributed by atoms with Gasteiger partial charge in [0.1, 0.15) is 87.6 Å². The Labute approximate surface area is 897 Å². The van der Waals surface area contributed by atoms with Crippen molar-refractivity contribution in [2.24, 2.45) is 17.5 Å². The van der Waals surface area contributed by atoms with Crippen LogP contribution >= 0.6 is 12.4 Å². The Bertz CT molecular complexity index is 5330. The number of methoxy groups -OCH3 is 8. The van der Waals surface area contributed by atoms with Gasteiger partial charge in [0.15, 0.2) is 23.4 Å². The zero-order valence-corrected chi connectivity index (χ0v) is 86.8. The zero-order chi connectivity index (χ0) is 105. The third-order valence-electron chi connectivity index (χ3n) is 19.3. The second kappa shape index (κ2) is 76.8. The van der Waals surface area contributed by atoms with Crippen LogP contribution in [-0.4, -0.2) is 203 Å². The Morgan fingerprint density at radius 2 is 0.752 bits per heavy atom. The Balaban J connectivity index is -0.00000165. The van der Waals surface area contributed by atoms with Gasteiger partial charge < -0.3 is 105 Å². The SMILES string of the molecule is CC(=O)OOC(C)=O.CNOC.COC(=O)[C@H](CC(C)C)NN.COc1ccc(C(N)c2ccc(C)cc2)cc1.COc1ccc(C(NC(C(=O)N(C)OC)c2ccco2)c2ccc(OC)cc2)cc1.COc1ccc(C(NC(C(=O)O)c2ccco2)c2ccc(OC)cc2)cc1.COc1ccc(C(NC(C=O)c2ccco2)c2ccc(OC)cc2)cc1.Cl.O=CC(=O)O.OB(O)c1ccco1.[AlH3].[B-]OC(C)=O.[H-].[Li+].[Na+]. The second-order valence-electron chi connectivity index (χ2n) is 29.4. The van der Waals surface area contributed by atoms with E-state index in [2.05, 4.69) is 94.5 Å². The summed E-state index contributed by atoms with van der Waals surface area (Å²) in [6.07, 6.45) is 7.32. The van der Waals surface area contributed by atoms with Crippen LogP contribution in [0.5, 0.6) is 40.2 Å². The van der Waals surface area contributed by atoms with Crippen LogP contribution in [0.4, 0.5) is 0 Å². The molecule has 1 amide bonds. The molecular formula is C101H129AlB2ClLiN8NaO30. The van der Waals surface area contributed by atoms with Crippen molar-refractivity contribution in [3.63, 3.8) is 0 Å². The molecule has 8 aromatic carbocycles. The quantitative estimate of drug-likeness (QED) is 0.00440. The van der Waals surface area contributed by atoms with Crippen molar-refractivity contribution in [2.75, 3.05) is 85.2 Å². The number of nitrogens with zero attached hydrogens (tertiary/aromatic N) is 1. The van der Waals surface area contributed by atoms with Crippen LogP contribution in [0.3, 0.4) is 0 Å². The number of carboxylic acids is 2. The number of nitrogens with two attached hydrogens (primary N) is 2. The van der Waals surface area contributed by atoms with Gasteiger partial charge in [-0.1, -0.05) is 129 Å². The van der Waals surface area contributed by atoms with Gasteiger partial charge in [0.25, 0.3) is 5.91 Å². The molecule has 12 rings (SSSR count). The molecule has 4 aromatic heterocycles. The monoisotopic (exact) mass is 2050 g/mol. The average Bonchev–Trinajstić information content (AvgIpc) is 1.33. The first-order valence-electron chi connectivity index (χ1n) is 42.9. The Morgan fingerprint density at radius 3 is 0.972 bits per heavy atom. The number of rotatable bonds is 35. The number of hydroxylamine groups is 3. The maximum Gasteiger partial charge on any atom is 1.00 e. The number of aldehydes is 2. The molecule has 771 valence electrons. The summed E-state index contributed by atoms with van der Waals surface area (Å²) in [5.74, 6) is 7.59. The number of carbonyl (C=O) groups excluding carboxylic acids is 7. The van der Waals surface area contributed by atoms with Gasteiger partial charge in [-0.05, 0) is 197 Å². The van der Waals surface area contributed by atoms with Gasteiger partial charge >= 0.3 is 85.4 Å². The molecule has 12 aromatic rings. The fourth-order valence-electron chi connectivity index (χ4n) is 12.0. The topological polar surface area (TPSA) is 523 Å². The maximum atomic E-state index is 13.0. The van der Waals surface area contributed by atoms with Gasteiger partial charge in [0, 0.05) is 34.9 Å². The standard InChI is InChI=1S/C23H26N2O5.C21H21NO5.C21H21NO4.C15H17NO.C7H16N2O2.C4H5BO3.C4H6O4.C2H3BO2.C2H7NO.C2H2O3.Al.ClH.Li.Na.4H/c1-25(29-4)23(26)22(20-6-5-15-30-20)24-21(16-7-11-18(27-2)12-8-16)17-9-13-19(28-3)14-10-17;1-25-16-9-5-14(6-10-16)19(15-7-11-17(26-2)12-8-15)22-20(21(23)24)18-4-3-13-27-18;1-24-17-9-5-15(6-10-17)21(16-7-11-18(25-2)12-8-16)22-19(14-23)20-4-3-13-26-20;1-11-3-5-12(6-4-11)15(16)13-7-9-14(17-2)10-8-13;1-5(2)4-6(9-8)7(10)11-3;6-5(7)4-2-1-3-8-4;1-3(5)7-8-4(2)6;1-2(4)5-3;1-3-4-2;3-1-2(4)5;;;;;;;;/h5-15,21-22,24H,1-4H3;3-13,19-20,22H,1-2H3,(H,23,24);3-14,19,21-22H,1-2H3;3-10,15H,16H2,1-2H3;5-6,9H,4,8H2,1-3H3;1-3,6-7H;1-2H3;1H3;3H,1-2H3;1H,(H,4,5);;1H;;;;;;/q;;;;;;;-1;;;;;2*+1;;;;-1/t;;;;6-;;;;;;;;;;;;;/m....0............./s1. The molecule has 145 heavy (non-hydrogen) atoms. The van der Waals surface area contributed by atoms with Crippen molar-refractivity contribution in [3.8, 4) is 40.2 Å². The van der Waals surface area contributed by atoms with Crippen LogP contribution in [0.25, 0.3) is 0 Å². The molecule has 44 heteroatoms. The predicted octanol–water partition coefficient (Wildman–Crippen LogP) is 5.56. The molecule has 0 saturated heterocycles. The molecule has 0 aliphatic heterocycles. The largest absolute Gasteiger partial charge is 1.00 e. The molecule has 0 aliphatic rings. The van der Waals surface area contributed by atoms with Crippen LogP contribution in [0.2, 0.25) is 0 Å². The smallest absolute Gasteiger partial charge is 1.00 e. The van der Waals surface area contributed by atoms with E-state index in [1.54, 1.807) is 126 Å². The van der Waals surface area contributed by atoms with Crippen LogP contribution in [-0.2, 0) is 72.0 Å². The molecule has 0 spiro atoms. The number of ether oxygens (including phenoxy) is 8. The van der Waals surface area contributed by atoms with Gasteiger partial charge in [-0.2, -0.15) is 0 Å². The van der Waals surface area contributed by atoms with E-state index in [4.69, 9.17) is 87.6 Å². The van der Waals surface area contributed by atoms with Crippen molar-refractivity contribution in [1.29, 1.82) is 0 Å². The number of hydrogen-bond donors (Lipinski definition) is 11. The first kappa shape index (κ1) is 134. The van der Waals surface area contributed by atoms with Gasteiger partial charge in [-0.3, -0.25) is 50.6 Å². The third kappa shape index (κ3) is 51.0. The van der Waals surface area contributed by atoms with Gasteiger partial charge in [-0.25, -0.2) is 40.1 Å². The third-order valence-corrected chi connectivity index (χ3v) is 19.3. The number of benzene rings is 8. The van der Waals surface area contributed by atoms with Crippen LogP contribution in [0, 0.1) is 12.8 Å². The molecule has 0 bridgehead atoms. The molecule has 5 atom stereocenters. The average molecular weight is 2050 g/mol. The second-order valence-corrected chi connectivity index (χ2v) is 29.4. The fraction of sp³-hybridized carbons (Fsp3) is 0.277. The fourth-order valence-corrected chi connectivity index (χ4v) is 12.0. The van der Waals surface area contributed by atoms with Crippen LogP contribution in [0.1, 0.15) is 152 Å². The van der Waals surface area contributed by atoms with E-state index >= 15 is 0 Å². The van der Waals surface area contributed by atoms with Crippen molar-refractivity contribution in [2.45, 2.75) is 96.3 Å². The summed E-state index contributed by atoms with van der Waals surface area (Å²) in [6, 6.07) is 71.9. The number of hydrogen-bond acceptors (Lipinski definition) is 35. The van der Waals surface area contributed by atoms with Gasteiger partial charge in [0.05, 0.1) is 120 Å². The van der Waals surface area contributed by atoms with Gasteiger partial charge in [-0.15, -0.1) is 12.4 Å². The number of carboxylic acid groups (broad SMARTS) is 2. The number of aliphatic carboxylic acids is 2. The number of esters is 1. The van der Waals surface area contributed by atoms with Gasteiger partial charge in [0.2, 0.25) is 12.3 Å². The van der Waals surface area contributed by atoms with E-state index in [0.717, 1.165) is 105 Å². The number of hydrazine groups is 1. The normalized spacial score (nSPS) is 10.9. The molecule has 0 saturated carbocycles. The summed E-state index contributed by atoms with van der Waals surface area (Å²) < 4.78 is 65.6. The van der Waals surface area contributed by atoms with Crippen molar-refractivity contribution >= 4 is 105 Å². The number of carbonyl (C=O) groups is 9. The summed E-state index contributed by atoms with van der Waals surface area (Å²) >= 11 is 0. The van der Waals surface area contributed by atoms with E-state index in [9.17, 15) is 38.7 Å². The molecule has 3 radical (unpaired) electrons. The maximum absolute atomic E-state index is 13.0. The van der Waals surface area contributed by atoms with E-state index < -0.39 is 55.1 Å². The van der Waals surface area contributed by atoms with Crippen LogP contribution in [0.15, 0.2) is 285 Å². The van der Waals surface area contributed by atoms with E-state index in [1.165, 1.54) is 50.4 Å². The van der Waals surface area contributed by atoms with E-state index in [1.807, 2.05) is 184 Å². The minimum absolute atomic E-state index is 0. The molecule has 0 fully saturated rings. The molecule has 13 N–H and O–H groups in total. The Kier molecular flexibility index (Phi) is 71.1. The number of amides is 1. The minimum atomic E-state index is -1.48. The van der Waals surface area contributed by atoms with E-state index in [-0.39, 0.29) is 134 Å². The number of nitrogens with one attached hydrogen (secondary N) is 5. The van der Waals surface area contributed by atoms with Crippen molar-refractivity contribution < 1.29 is 193 Å². The molecule has 4 heterocycles. The number of halogens is 1. The summed E-state index contributed by atoms with van der Waals surface area (Å²) in [6.45, 7) is 9.63. The number of likely N-dealkylation sites (N-methyl/N-ethyl adjacent to an activating group) is 1. The molecule has 4 unspecified atom stereocenters. The predicted molar refractivity (Wildman–Crippen MR) is 541 cm³/mol. The summed E-state index contributed by atoms with van der Waals surface area (Å²) in [7, 11) is 21.9. The Hall–Kier alpha value is -12.8. The summed E-state index contributed by atoms with van der Waals surface area (Å²) in [5.41, 5.74) is 20.4. The first-order valence-corrected chi connectivity index (χ1v) is 42.9. The Morgan fingerprint density at radius 1 is 0.469 bits per heavy atom. The number of furan rings is 4. The molecule has 38 nitrogen and oxygen atoms in total. The summed E-state index contributed by atoms with van der Waals surface area (Å²) in [4.78, 5) is 112. The molecule has 0 aliphatic carbocycles. The zero-order valence-electron chi connectivity index (χ0n) is 85.0. The summed E-state index contributed by atoms with van der Waals surface area (Å²) in [5, 5.41) is 45.0. The van der Waals surface area contributed by atoms with E-state index in [0.29, 0.717) is 29.6 Å².